The van der Waals surface area contributed by atoms with Crippen molar-refractivity contribution in [2.24, 2.45) is 5.10 Å². The molecule has 0 spiro atoms. The van der Waals surface area contributed by atoms with Gasteiger partial charge in [0, 0.05) is 33.9 Å². The third-order valence-corrected chi connectivity index (χ3v) is 6.26. The number of nitro groups is 1. The lowest BCUT2D eigenvalue weighted by atomic mass is 10.2. The summed E-state index contributed by atoms with van der Waals surface area (Å²) in [4.78, 5) is 22.8. The van der Waals surface area contributed by atoms with E-state index in [1.54, 1.807) is 25.1 Å². The number of halogens is 2. The predicted molar refractivity (Wildman–Crippen MR) is 140 cm³/mol. The second-order valence-corrected chi connectivity index (χ2v) is 9.45. The molecule has 3 N–H and O–H groups in total. The number of nitrogens with zero attached hydrogens (tertiary/aromatic N) is 5. The molecule has 1 aromatic heterocycles. The highest BCUT2D eigenvalue weighted by Gasteiger charge is 2.20. The Morgan fingerprint density at radius 1 is 1.31 bits per heavy atom. The minimum absolute atomic E-state index is 0.0154. The molecule has 1 heterocycles. The normalized spacial score (nSPS) is 11.9. The molecule has 2 aromatic carbocycles. The highest BCUT2D eigenvalue weighted by Crippen LogP contribution is 2.32. The zero-order chi connectivity index (χ0) is 26.2. The Morgan fingerprint density at radius 2 is 2.03 bits per heavy atom. The maximum atomic E-state index is 12.5. The predicted octanol–water partition coefficient (Wildman–Crippen LogP) is 4.63. The third kappa shape index (κ3) is 6.97. The molecule has 1 amide bonds. The summed E-state index contributed by atoms with van der Waals surface area (Å²) in [6, 6.07) is 9.55. The Bertz CT molecular complexity index is 1300. The van der Waals surface area contributed by atoms with E-state index in [-0.39, 0.29) is 10.6 Å². The number of carbonyl (C=O) groups is 1. The first-order chi connectivity index (χ1) is 17.2. The van der Waals surface area contributed by atoms with Gasteiger partial charge in [0.2, 0.25) is 5.75 Å². The lowest BCUT2D eigenvalue weighted by molar-refractivity contribution is -0.385. The summed E-state index contributed by atoms with van der Waals surface area (Å²) in [6.45, 7) is 6.26. The first kappa shape index (κ1) is 27.0. The van der Waals surface area contributed by atoms with Crippen LogP contribution in [0.15, 0.2) is 59.3 Å². The Hall–Kier alpha value is -3.61. The Balaban J connectivity index is 1.64. The molecule has 36 heavy (non-hydrogen) atoms. The largest absolute Gasteiger partial charge is 0.502 e. The Morgan fingerprint density at radius 3 is 2.69 bits per heavy atom. The number of rotatable bonds is 11. The molecule has 3 rings (SSSR count). The van der Waals surface area contributed by atoms with Gasteiger partial charge in [-0.05, 0) is 37.3 Å². The van der Waals surface area contributed by atoms with Gasteiger partial charge in [-0.25, -0.2) is 5.43 Å². The Kier molecular flexibility index (Phi) is 9.28. The molecule has 14 heteroatoms. The van der Waals surface area contributed by atoms with Crippen LogP contribution < -0.4 is 10.7 Å². The van der Waals surface area contributed by atoms with Crippen LogP contribution in [0.5, 0.6) is 5.75 Å². The molecular formula is C22H21Cl2N7O4S. The number of aromatic nitrogens is 3. The molecule has 0 aliphatic heterocycles. The second-order valence-electron chi connectivity index (χ2n) is 7.27. The summed E-state index contributed by atoms with van der Waals surface area (Å²) in [5, 5.41) is 37.0. The van der Waals surface area contributed by atoms with Crippen LogP contribution in [0.1, 0.15) is 18.3 Å². The fourth-order valence-electron chi connectivity index (χ4n) is 2.91. The molecule has 0 fully saturated rings. The molecule has 0 radical (unpaired) electrons. The van der Waals surface area contributed by atoms with Crippen molar-refractivity contribution in [3.05, 3.63) is 80.6 Å². The van der Waals surface area contributed by atoms with E-state index in [1.165, 1.54) is 17.8 Å². The van der Waals surface area contributed by atoms with E-state index in [9.17, 15) is 20.0 Å². The number of anilines is 1. The number of hydrogen-bond donors (Lipinski definition) is 3. The van der Waals surface area contributed by atoms with Gasteiger partial charge in [-0.1, -0.05) is 41.0 Å². The average Bonchev–Trinajstić information content (AvgIpc) is 3.21. The number of nitro benzene ring substituents is 1. The van der Waals surface area contributed by atoms with Crippen molar-refractivity contribution >= 4 is 58.5 Å². The van der Waals surface area contributed by atoms with E-state index in [4.69, 9.17) is 23.2 Å². The van der Waals surface area contributed by atoms with Gasteiger partial charge in [0.1, 0.15) is 0 Å². The van der Waals surface area contributed by atoms with Gasteiger partial charge in [-0.15, -0.1) is 16.8 Å². The maximum Gasteiger partial charge on any atom is 0.312 e. The minimum atomic E-state index is -0.769. The van der Waals surface area contributed by atoms with Gasteiger partial charge in [0.05, 0.1) is 22.9 Å². The average molecular weight is 550 g/mol. The van der Waals surface area contributed by atoms with Crippen molar-refractivity contribution in [3.8, 4) is 5.75 Å². The number of phenolic OH excluding ortho intramolecular Hbond substituents is 1. The summed E-state index contributed by atoms with van der Waals surface area (Å²) in [5.74, 6) is -0.417. The number of thioether (sulfide) groups is 1. The fraction of sp³-hybridized carbons (Fsp3) is 0.182. The molecule has 0 saturated heterocycles. The van der Waals surface area contributed by atoms with Gasteiger partial charge >= 0.3 is 5.69 Å². The van der Waals surface area contributed by atoms with Crippen molar-refractivity contribution < 1.29 is 14.8 Å². The number of aromatic hydroxyl groups is 1. The van der Waals surface area contributed by atoms with E-state index in [0.29, 0.717) is 29.1 Å². The molecule has 1 atom stereocenters. The van der Waals surface area contributed by atoms with Crippen LogP contribution in [0.4, 0.5) is 11.4 Å². The first-order valence-electron chi connectivity index (χ1n) is 10.4. The number of hydrazone groups is 1. The quantitative estimate of drug-likeness (QED) is 0.103. The van der Waals surface area contributed by atoms with Gasteiger partial charge in [-0.3, -0.25) is 14.9 Å². The smallest absolute Gasteiger partial charge is 0.312 e. The molecule has 0 aliphatic rings. The van der Waals surface area contributed by atoms with Gasteiger partial charge < -0.3 is 15.0 Å². The molecule has 0 aliphatic carbocycles. The van der Waals surface area contributed by atoms with E-state index in [0.717, 1.165) is 18.0 Å². The SMILES string of the molecule is C=CCn1c(CNc2ccc(Cl)cc2)nnc1S[C@H](C)C(=O)N/N=C/c1cc(Cl)cc([N+](=O)[O-])c1O. The molecule has 3 aromatic rings. The lowest BCUT2D eigenvalue weighted by Crippen LogP contribution is -2.27. The van der Waals surface area contributed by atoms with Crippen LogP contribution in [0.25, 0.3) is 0 Å². The number of nitrogens with one attached hydrogen (secondary N) is 2. The lowest BCUT2D eigenvalue weighted by Gasteiger charge is -2.12. The zero-order valence-electron chi connectivity index (χ0n) is 18.9. The van der Waals surface area contributed by atoms with Crippen LogP contribution in [-0.2, 0) is 17.9 Å². The third-order valence-electron chi connectivity index (χ3n) is 4.71. The second kappa shape index (κ2) is 12.4. The van der Waals surface area contributed by atoms with Crippen LogP contribution in [-0.4, -0.2) is 42.2 Å². The van der Waals surface area contributed by atoms with Crippen LogP contribution in [0.3, 0.4) is 0 Å². The molecular weight excluding hydrogens is 529 g/mol. The standard InChI is InChI=1S/C22H21Cl2N7O4S/c1-3-8-30-19(12-25-17-6-4-15(23)5-7-17)27-29-22(30)36-13(2)21(33)28-26-11-14-9-16(24)10-18(20(14)32)31(34)35/h3-7,9-11,13,25,32H,1,8,12H2,2H3,(H,28,33)/b26-11+/t13-/m1/s1. The van der Waals surface area contributed by atoms with Crippen LogP contribution >= 0.6 is 35.0 Å². The topological polar surface area (TPSA) is 148 Å². The van der Waals surface area contributed by atoms with E-state index in [1.807, 2.05) is 16.7 Å². The molecule has 0 saturated carbocycles. The summed E-state index contributed by atoms with van der Waals surface area (Å²) in [6.07, 6.45) is 2.77. The van der Waals surface area contributed by atoms with Crippen molar-refractivity contribution in [2.45, 2.75) is 30.4 Å². The van der Waals surface area contributed by atoms with E-state index in [2.05, 4.69) is 32.6 Å². The number of benzene rings is 2. The van der Waals surface area contributed by atoms with Crippen molar-refractivity contribution in [2.75, 3.05) is 5.32 Å². The summed E-state index contributed by atoms with van der Waals surface area (Å²) in [5.41, 5.74) is 2.62. The summed E-state index contributed by atoms with van der Waals surface area (Å²) in [7, 11) is 0. The number of phenols is 1. The highest BCUT2D eigenvalue weighted by molar-refractivity contribution is 8.00. The Labute approximate surface area is 220 Å². The molecule has 11 nitrogen and oxygen atoms in total. The van der Waals surface area contributed by atoms with Gasteiger partial charge in [0.15, 0.2) is 11.0 Å². The number of allylic oxidation sites excluding steroid dienone is 1. The van der Waals surface area contributed by atoms with Crippen molar-refractivity contribution in [1.29, 1.82) is 0 Å². The van der Waals surface area contributed by atoms with Gasteiger partial charge in [-0.2, -0.15) is 5.10 Å². The minimum Gasteiger partial charge on any atom is -0.502 e. The number of carbonyl (C=O) groups excluding carboxylic acids is 1. The summed E-state index contributed by atoms with van der Waals surface area (Å²) >= 11 is 12.9. The molecule has 0 bridgehead atoms. The maximum absolute atomic E-state index is 12.5. The highest BCUT2D eigenvalue weighted by atomic mass is 35.5. The monoisotopic (exact) mass is 549 g/mol. The molecule has 188 valence electrons. The fourth-order valence-corrected chi connectivity index (χ4v) is 4.13. The van der Waals surface area contributed by atoms with Crippen molar-refractivity contribution in [3.63, 3.8) is 0 Å². The zero-order valence-corrected chi connectivity index (χ0v) is 21.2. The van der Waals surface area contributed by atoms with Gasteiger partial charge in [0.25, 0.3) is 5.91 Å². The van der Waals surface area contributed by atoms with Crippen molar-refractivity contribution in [1.82, 2.24) is 20.2 Å². The van der Waals surface area contributed by atoms with Crippen LogP contribution in [0.2, 0.25) is 10.0 Å². The number of amides is 1. The number of hydrogen-bond acceptors (Lipinski definition) is 9. The first-order valence-corrected chi connectivity index (χ1v) is 12.0. The molecule has 0 unspecified atom stereocenters. The summed E-state index contributed by atoms with van der Waals surface area (Å²) < 4.78 is 1.83. The van der Waals surface area contributed by atoms with Crippen LogP contribution in [0, 0.1) is 10.1 Å². The van der Waals surface area contributed by atoms with E-state index < -0.39 is 27.5 Å². The van der Waals surface area contributed by atoms with E-state index >= 15 is 0 Å².